The lowest BCUT2D eigenvalue weighted by molar-refractivity contribution is 0.399. The van der Waals surface area contributed by atoms with Crippen LogP contribution in [0.15, 0.2) is 17.0 Å². The third-order valence-electron chi connectivity index (χ3n) is 1.51. The van der Waals surface area contributed by atoms with E-state index in [1.165, 1.54) is 7.11 Å². The fourth-order valence-corrected chi connectivity index (χ4v) is 1.83. The minimum absolute atomic E-state index is 0.172. The predicted molar refractivity (Wildman–Crippen MR) is 49.3 cm³/mol. The van der Waals surface area contributed by atoms with E-state index in [0.29, 0.717) is 0 Å². The third-order valence-corrected chi connectivity index (χ3v) is 2.73. The van der Waals surface area contributed by atoms with E-state index >= 15 is 0 Å². The van der Waals surface area contributed by atoms with Crippen LogP contribution >= 0.6 is 11.6 Å². The highest BCUT2D eigenvalue weighted by Gasteiger charge is 2.17. The maximum Gasteiger partial charge on any atom is 0.241 e. The number of hydrogen-bond acceptors (Lipinski definition) is 3. The number of rotatable bonds is 2. The first-order valence-corrected chi connectivity index (χ1v) is 5.34. The van der Waals surface area contributed by atoms with Crippen molar-refractivity contribution in [2.75, 3.05) is 7.11 Å². The molecule has 0 aliphatic heterocycles. The zero-order valence-corrected chi connectivity index (χ0v) is 8.69. The Bertz CT molecular complexity index is 460. The lowest BCUT2D eigenvalue weighted by Gasteiger charge is -2.07. The maximum absolute atomic E-state index is 12.9. The molecule has 1 rings (SSSR count). The molecule has 0 fully saturated rings. The van der Waals surface area contributed by atoms with Gasteiger partial charge in [0.25, 0.3) is 0 Å². The Labute approximate surface area is 85.5 Å². The Morgan fingerprint density at radius 2 is 2.07 bits per heavy atom. The molecule has 78 valence electrons. The number of primary sulfonamides is 1. The Kier molecular flexibility index (Phi) is 2.98. The highest BCUT2D eigenvalue weighted by atomic mass is 35.5. The van der Waals surface area contributed by atoms with Gasteiger partial charge in [0.2, 0.25) is 10.0 Å². The Hall–Kier alpha value is -0.850. The van der Waals surface area contributed by atoms with Crippen LogP contribution in [-0.4, -0.2) is 15.5 Å². The van der Waals surface area contributed by atoms with Crippen LogP contribution in [0.5, 0.6) is 5.75 Å². The number of halogens is 2. The molecule has 0 aliphatic rings. The fourth-order valence-electron chi connectivity index (χ4n) is 0.892. The van der Waals surface area contributed by atoms with Crippen LogP contribution in [0.4, 0.5) is 4.39 Å². The SMILES string of the molecule is COc1cc(F)c(Cl)cc1S(N)(=O)=O. The van der Waals surface area contributed by atoms with E-state index in [9.17, 15) is 12.8 Å². The average Bonchev–Trinajstić information content (AvgIpc) is 2.07. The zero-order valence-electron chi connectivity index (χ0n) is 7.12. The molecule has 1 aromatic rings. The molecule has 0 saturated carbocycles. The molecule has 0 heterocycles. The van der Waals surface area contributed by atoms with E-state index in [-0.39, 0.29) is 15.7 Å². The lowest BCUT2D eigenvalue weighted by atomic mass is 10.3. The van der Waals surface area contributed by atoms with Gasteiger partial charge in [-0.1, -0.05) is 11.6 Å². The second-order valence-electron chi connectivity index (χ2n) is 2.46. The Morgan fingerprint density at radius 3 is 2.50 bits per heavy atom. The van der Waals surface area contributed by atoms with Gasteiger partial charge in [0, 0.05) is 6.07 Å². The predicted octanol–water partition coefficient (Wildman–Crippen LogP) is 1.14. The molecule has 0 spiro atoms. The second kappa shape index (κ2) is 3.72. The summed E-state index contributed by atoms with van der Waals surface area (Å²) in [4.78, 5) is -0.341. The number of methoxy groups -OCH3 is 1. The molecule has 2 N–H and O–H groups in total. The summed E-state index contributed by atoms with van der Waals surface area (Å²) in [6, 6.07) is 1.77. The van der Waals surface area contributed by atoms with Crippen LogP contribution in [0.25, 0.3) is 0 Å². The summed E-state index contributed by atoms with van der Waals surface area (Å²) in [5, 5.41) is 4.54. The van der Waals surface area contributed by atoms with Crippen LogP contribution in [0.1, 0.15) is 0 Å². The molecule has 4 nitrogen and oxygen atoms in total. The van der Waals surface area contributed by atoms with Gasteiger partial charge >= 0.3 is 0 Å². The van der Waals surface area contributed by atoms with Crippen molar-refractivity contribution in [2.45, 2.75) is 4.90 Å². The maximum atomic E-state index is 12.9. The normalized spacial score (nSPS) is 11.4. The summed E-state index contributed by atoms with van der Waals surface area (Å²) in [5.74, 6) is -0.940. The van der Waals surface area contributed by atoms with Crippen LogP contribution in [-0.2, 0) is 10.0 Å². The third kappa shape index (κ3) is 2.14. The first kappa shape index (κ1) is 11.2. The van der Waals surface area contributed by atoms with Gasteiger partial charge in [-0.15, -0.1) is 0 Å². The molecular weight excluding hydrogens is 233 g/mol. The molecule has 1 aromatic carbocycles. The molecule has 0 aliphatic carbocycles. The molecule has 0 unspecified atom stereocenters. The number of sulfonamides is 1. The molecule has 0 amide bonds. The van der Waals surface area contributed by atoms with Crippen LogP contribution < -0.4 is 9.88 Å². The Morgan fingerprint density at radius 1 is 1.50 bits per heavy atom. The van der Waals surface area contributed by atoms with E-state index in [0.717, 1.165) is 12.1 Å². The van der Waals surface area contributed by atoms with E-state index in [2.05, 4.69) is 4.74 Å². The molecule has 14 heavy (non-hydrogen) atoms. The average molecular weight is 240 g/mol. The van der Waals surface area contributed by atoms with E-state index in [1.807, 2.05) is 0 Å². The van der Waals surface area contributed by atoms with Crippen molar-refractivity contribution in [1.82, 2.24) is 0 Å². The van der Waals surface area contributed by atoms with Crippen molar-refractivity contribution < 1.29 is 17.5 Å². The minimum Gasteiger partial charge on any atom is -0.495 e. The van der Waals surface area contributed by atoms with E-state index in [1.54, 1.807) is 0 Å². The van der Waals surface area contributed by atoms with Crippen molar-refractivity contribution in [3.05, 3.63) is 23.0 Å². The van der Waals surface area contributed by atoms with Crippen molar-refractivity contribution in [1.29, 1.82) is 0 Å². The van der Waals surface area contributed by atoms with Gasteiger partial charge in [-0.25, -0.2) is 17.9 Å². The summed E-state index contributed by atoms with van der Waals surface area (Å²) in [5.41, 5.74) is 0. The summed E-state index contributed by atoms with van der Waals surface area (Å²) < 4.78 is 39.5. The molecule has 0 saturated heterocycles. The number of ether oxygens (including phenoxy) is 1. The largest absolute Gasteiger partial charge is 0.495 e. The van der Waals surface area contributed by atoms with Crippen LogP contribution in [0.3, 0.4) is 0 Å². The van der Waals surface area contributed by atoms with Crippen molar-refractivity contribution >= 4 is 21.6 Å². The van der Waals surface area contributed by atoms with E-state index < -0.39 is 15.8 Å². The smallest absolute Gasteiger partial charge is 0.241 e. The second-order valence-corrected chi connectivity index (χ2v) is 4.40. The fraction of sp³-hybridized carbons (Fsp3) is 0.143. The van der Waals surface area contributed by atoms with Crippen LogP contribution in [0.2, 0.25) is 5.02 Å². The quantitative estimate of drug-likeness (QED) is 0.841. The summed E-state index contributed by atoms with van der Waals surface area (Å²) in [6.07, 6.45) is 0. The number of nitrogens with two attached hydrogens (primary N) is 1. The molecule has 0 atom stereocenters. The summed E-state index contributed by atoms with van der Waals surface area (Å²) >= 11 is 5.40. The summed E-state index contributed by atoms with van der Waals surface area (Å²) in [6.45, 7) is 0. The first-order chi connectivity index (χ1) is 6.36. The van der Waals surface area contributed by atoms with Gasteiger partial charge in [0.05, 0.1) is 12.1 Å². The number of benzene rings is 1. The van der Waals surface area contributed by atoms with Gasteiger partial charge in [-0.3, -0.25) is 0 Å². The van der Waals surface area contributed by atoms with Gasteiger partial charge in [-0.05, 0) is 6.07 Å². The molecule has 0 bridgehead atoms. The van der Waals surface area contributed by atoms with Crippen molar-refractivity contribution in [3.8, 4) is 5.75 Å². The monoisotopic (exact) mass is 239 g/mol. The highest BCUT2D eigenvalue weighted by molar-refractivity contribution is 7.89. The highest BCUT2D eigenvalue weighted by Crippen LogP contribution is 2.28. The number of hydrogen-bond donors (Lipinski definition) is 1. The van der Waals surface area contributed by atoms with Gasteiger partial charge < -0.3 is 4.74 Å². The van der Waals surface area contributed by atoms with E-state index in [4.69, 9.17) is 16.7 Å². The molecule has 0 radical (unpaired) electrons. The zero-order chi connectivity index (χ0) is 10.9. The van der Waals surface area contributed by atoms with Gasteiger partial charge in [0.15, 0.2) is 0 Å². The summed E-state index contributed by atoms with van der Waals surface area (Å²) in [7, 11) is -2.76. The lowest BCUT2D eigenvalue weighted by Crippen LogP contribution is -2.13. The standard InChI is InChI=1S/C7H7ClFNO3S/c1-13-6-3-5(9)4(8)2-7(6)14(10,11)12/h2-3H,1H3,(H2,10,11,12). The van der Waals surface area contributed by atoms with Gasteiger partial charge in [0.1, 0.15) is 16.5 Å². The molecular formula is C7H7ClFNO3S. The molecule has 0 aromatic heterocycles. The van der Waals surface area contributed by atoms with Crippen LogP contribution in [0, 0.1) is 5.82 Å². The van der Waals surface area contributed by atoms with Crippen molar-refractivity contribution in [2.24, 2.45) is 5.14 Å². The minimum atomic E-state index is -3.96. The molecule has 7 heteroatoms. The van der Waals surface area contributed by atoms with Gasteiger partial charge in [-0.2, -0.15) is 0 Å². The van der Waals surface area contributed by atoms with Crippen molar-refractivity contribution in [3.63, 3.8) is 0 Å². The Balaban J connectivity index is 3.51. The first-order valence-electron chi connectivity index (χ1n) is 3.42. The topological polar surface area (TPSA) is 69.4 Å².